The van der Waals surface area contributed by atoms with Crippen LogP contribution in [0.3, 0.4) is 0 Å². The molecule has 96 valence electrons. The predicted molar refractivity (Wildman–Crippen MR) is 62.5 cm³/mol. The molecule has 5 nitrogen and oxygen atoms in total. The van der Waals surface area contributed by atoms with Crippen molar-refractivity contribution in [3.63, 3.8) is 0 Å². The molecule has 1 saturated carbocycles. The SMILES string of the molecule is CC1(C)CC(=O)NCCN1C(=O)OC1CCC1. The summed E-state index contributed by atoms with van der Waals surface area (Å²) in [7, 11) is 0. The Morgan fingerprint density at radius 2 is 2.18 bits per heavy atom. The van der Waals surface area contributed by atoms with Gasteiger partial charge in [-0.15, -0.1) is 0 Å². The minimum Gasteiger partial charge on any atom is -0.446 e. The summed E-state index contributed by atoms with van der Waals surface area (Å²) in [6, 6.07) is 0. The minimum absolute atomic E-state index is 0.00561. The molecule has 1 N–H and O–H groups in total. The van der Waals surface area contributed by atoms with Crippen LogP contribution in [0.5, 0.6) is 0 Å². The van der Waals surface area contributed by atoms with Gasteiger partial charge in [-0.1, -0.05) is 0 Å². The van der Waals surface area contributed by atoms with Gasteiger partial charge in [-0.3, -0.25) is 4.79 Å². The molecule has 0 atom stereocenters. The van der Waals surface area contributed by atoms with Gasteiger partial charge < -0.3 is 15.0 Å². The first-order chi connectivity index (χ1) is 7.99. The summed E-state index contributed by atoms with van der Waals surface area (Å²) in [5, 5.41) is 2.78. The number of ether oxygens (including phenoxy) is 1. The zero-order valence-corrected chi connectivity index (χ0v) is 10.5. The monoisotopic (exact) mass is 240 g/mol. The third-order valence-corrected chi connectivity index (χ3v) is 3.52. The number of rotatable bonds is 1. The highest BCUT2D eigenvalue weighted by atomic mass is 16.6. The van der Waals surface area contributed by atoms with E-state index in [0.29, 0.717) is 19.5 Å². The van der Waals surface area contributed by atoms with Crippen molar-refractivity contribution in [2.24, 2.45) is 0 Å². The number of carbonyl (C=O) groups is 2. The molecular formula is C12H20N2O3. The Hall–Kier alpha value is -1.26. The Morgan fingerprint density at radius 1 is 1.47 bits per heavy atom. The molecule has 0 spiro atoms. The molecule has 2 fully saturated rings. The standard InChI is InChI=1S/C12H20N2O3/c1-12(2)8-10(15)13-6-7-14(12)11(16)17-9-4-3-5-9/h9H,3-8H2,1-2H3,(H,13,15). The maximum absolute atomic E-state index is 12.0. The van der Waals surface area contributed by atoms with Crippen molar-refractivity contribution in [3.8, 4) is 0 Å². The summed E-state index contributed by atoms with van der Waals surface area (Å²) in [6.07, 6.45) is 3.21. The van der Waals surface area contributed by atoms with Gasteiger partial charge in [0.1, 0.15) is 6.10 Å². The maximum atomic E-state index is 12.0. The molecule has 1 aliphatic carbocycles. The molecule has 0 aromatic carbocycles. The van der Waals surface area contributed by atoms with Crippen LogP contribution in [0.1, 0.15) is 39.5 Å². The highest BCUT2D eigenvalue weighted by Gasteiger charge is 2.37. The molecule has 2 rings (SSSR count). The number of hydrogen-bond acceptors (Lipinski definition) is 3. The zero-order valence-electron chi connectivity index (χ0n) is 10.5. The fraction of sp³-hybridized carbons (Fsp3) is 0.833. The van der Waals surface area contributed by atoms with Crippen molar-refractivity contribution in [1.82, 2.24) is 10.2 Å². The number of carbonyl (C=O) groups excluding carboxylic acids is 2. The Morgan fingerprint density at radius 3 is 2.76 bits per heavy atom. The Bertz CT molecular complexity index is 324. The van der Waals surface area contributed by atoms with Gasteiger partial charge in [-0.25, -0.2) is 4.79 Å². The number of amides is 2. The Labute approximate surface area is 101 Å². The molecule has 0 unspecified atom stereocenters. The lowest BCUT2D eigenvalue weighted by Gasteiger charge is -2.37. The van der Waals surface area contributed by atoms with E-state index in [1.807, 2.05) is 13.8 Å². The lowest BCUT2D eigenvalue weighted by Crippen LogP contribution is -2.49. The third-order valence-electron chi connectivity index (χ3n) is 3.52. The predicted octanol–water partition coefficient (Wildman–Crippen LogP) is 1.28. The average molecular weight is 240 g/mol. The molecule has 1 heterocycles. The molecule has 2 aliphatic rings. The van der Waals surface area contributed by atoms with E-state index in [-0.39, 0.29) is 18.1 Å². The molecule has 17 heavy (non-hydrogen) atoms. The number of nitrogens with one attached hydrogen (secondary N) is 1. The summed E-state index contributed by atoms with van der Waals surface area (Å²) < 4.78 is 5.40. The van der Waals surface area contributed by atoms with Crippen molar-refractivity contribution < 1.29 is 14.3 Å². The first-order valence-electron chi connectivity index (χ1n) is 6.24. The molecular weight excluding hydrogens is 220 g/mol. The lowest BCUT2D eigenvalue weighted by molar-refractivity contribution is -0.122. The van der Waals surface area contributed by atoms with Gasteiger partial charge in [0.05, 0.1) is 0 Å². The first-order valence-corrected chi connectivity index (χ1v) is 6.24. The molecule has 5 heteroatoms. The van der Waals surface area contributed by atoms with Crippen molar-refractivity contribution in [1.29, 1.82) is 0 Å². The van der Waals surface area contributed by atoms with Crippen LogP contribution in [-0.4, -0.2) is 41.6 Å². The van der Waals surface area contributed by atoms with E-state index in [1.165, 1.54) is 0 Å². The van der Waals surface area contributed by atoms with Crippen LogP contribution < -0.4 is 5.32 Å². The van der Waals surface area contributed by atoms with Gasteiger partial charge in [0.15, 0.2) is 0 Å². The molecule has 1 aliphatic heterocycles. The van der Waals surface area contributed by atoms with Crippen LogP contribution in [-0.2, 0) is 9.53 Å². The summed E-state index contributed by atoms with van der Waals surface area (Å²) in [5.41, 5.74) is -0.471. The van der Waals surface area contributed by atoms with Crippen LogP contribution >= 0.6 is 0 Å². The second-order valence-corrected chi connectivity index (χ2v) is 5.43. The molecule has 0 radical (unpaired) electrons. The largest absolute Gasteiger partial charge is 0.446 e. The molecule has 0 bridgehead atoms. The highest BCUT2D eigenvalue weighted by molar-refractivity contribution is 5.79. The molecule has 0 aromatic heterocycles. The summed E-state index contributed by atoms with van der Waals surface area (Å²) in [4.78, 5) is 25.2. The van der Waals surface area contributed by atoms with Crippen LogP contribution in [0.15, 0.2) is 0 Å². The Balaban J connectivity index is 2.00. The second kappa shape index (κ2) is 4.55. The number of hydrogen-bond donors (Lipinski definition) is 1. The van der Waals surface area contributed by atoms with Crippen molar-refractivity contribution in [2.45, 2.75) is 51.2 Å². The summed E-state index contributed by atoms with van der Waals surface area (Å²) in [6.45, 7) is 4.83. The zero-order chi connectivity index (χ0) is 12.5. The summed E-state index contributed by atoms with van der Waals surface area (Å²) >= 11 is 0. The van der Waals surface area contributed by atoms with Crippen LogP contribution in [0.25, 0.3) is 0 Å². The lowest BCUT2D eigenvalue weighted by atomic mass is 9.96. The quantitative estimate of drug-likeness (QED) is 0.751. The van der Waals surface area contributed by atoms with Crippen molar-refractivity contribution in [3.05, 3.63) is 0 Å². The van der Waals surface area contributed by atoms with E-state index in [2.05, 4.69) is 5.32 Å². The second-order valence-electron chi connectivity index (χ2n) is 5.43. The normalized spacial score (nSPS) is 24.6. The number of nitrogens with zero attached hydrogens (tertiary/aromatic N) is 1. The average Bonchev–Trinajstić information content (AvgIpc) is 2.29. The third kappa shape index (κ3) is 2.70. The Kier molecular flexibility index (Phi) is 3.26. The topological polar surface area (TPSA) is 58.6 Å². The highest BCUT2D eigenvalue weighted by Crippen LogP contribution is 2.26. The van der Waals surface area contributed by atoms with Crippen molar-refractivity contribution in [2.75, 3.05) is 13.1 Å². The van der Waals surface area contributed by atoms with Gasteiger partial charge in [0.2, 0.25) is 5.91 Å². The maximum Gasteiger partial charge on any atom is 0.410 e. The van der Waals surface area contributed by atoms with E-state index < -0.39 is 5.54 Å². The van der Waals surface area contributed by atoms with Crippen LogP contribution in [0.4, 0.5) is 4.79 Å². The first kappa shape index (κ1) is 12.2. The van der Waals surface area contributed by atoms with Gasteiger partial charge in [-0.2, -0.15) is 0 Å². The fourth-order valence-corrected chi connectivity index (χ4v) is 2.19. The van der Waals surface area contributed by atoms with Crippen molar-refractivity contribution >= 4 is 12.0 Å². The van der Waals surface area contributed by atoms with Crippen LogP contribution in [0.2, 0.25) is 0 Å². The fourth-order valence-electron chi connectivity index (χ4n) is 2.19. The molecule has 0 aromatic rings. The minimum atomic E-state index is -0.471. The van der Waals surface area contributed by atoms with Gasteiger partial charge >= 0.3 is 6.09 Å². The van der Waals surface area contributed by atoms with E-state index in [1.54, 1.807) is 4.90 Å². The van der Waals surface area contributed by atoms with E-state index in [0.717, 1.165) is 19.3 Å². The smallest absolute Gasteiger partial charge is 0.410 e. The van der Waals surface area contributed by atoms with Gasteiger partial charge in [0.25, 0.3) is 0 Å². The molecule has 1 saturated heterocycles. The van der Waals surface area contributed by atoms with E-state index in [9.17, 15) is 9.59 Å². The molecule has 2 amide bonds. The van der Waals surface area contributed by atoms with Gasteiger partial charge in [-0.05, 0) is 33.1 Å². The van der Waals surface area contributed by atoms with E-state index in [4.69, 9.17) is 4.74 Å². The van der Waals surface area contributed by atoms with E-state index >= 15 is 0 Å². The van der Waals surface area contributed by atoms with Crippen LogP contribution in [0, 0.1) is 0 Å². The summed E-state index contributed by atoms with van der Waals surface area (Å²) in [5.74, 6) is -0.00561. The van der Waals surface area contributed by atoms with Gasteiger partial charge in [0, 0.05) is 25.0 Å².